The Morgan fingerprint density at radius 3 is 2.82 bits per heavy atom. The largest absolute Gasteiger partial charge is 0.354 e. The minimum Gasteiger partial charge on any atom is -0.354 e. The van der Waals surface area contributed by atoms with Gasteiger partial charge in [0, 0.05) is 36.1 Å². The number of benzene rings is 1. The van der Waals surface area contributed by atoms with Gasteiger partial charge in [0.15, 0.2) is 0 Å². The highest BCUT2D eigenvalue weighted by molar-refractivity contribution is 8.18. The zero-order valence-electron chi connectivity index (χ0n) is 14.5. The fraction of sp³-hybridized carbons (Fsp3) is 0.158. The molecule has 0 atom stereocenters. The van der Waals surface area contributed by atoms with Crippen molar-refractivity contribution in [3.05, 3.63) is 69.6 Å². The Hall–Kier alpha value is -2.71. The lowest BCUT2D eigenvalue weighted by Crippen LogP contribution is -2.37. The van der Waals surface area contributed by atoms with E-state index in [9.17, 15) is 18.8 Å². The Morgan fingerprint density at radius 2 is 2.11 bits per heavy atom. The summed E-state index contributed by atoms with van der Waals surface area (Å²) in [6.07, 6.45) is 4.56. The van der Waals surface area contributed by atoms with Crippen molar-refractivity contribution < 1.29 is 18.8 Å². The van der Waals surface area contributed by atoms with Crippen LogP contribution in [0.2, 0.25) is 5.02 Å². The van der Waals surface area contributed by atoms with E-state index in [0.717, 1.165) is 16.7 Å². The Bertz CT molecular complexity index is 932. The topological polar surface area (TPSA) is 79.4 Å². The molecule has 0 radical (unpaired) electrons. The number of hydrogen-bond donors (Lipinski definition) is 1. The van der Waals surface area contributed by atoms with Crippen LogP contribution in [0.4, 0.5) is 9.18 Å². The van der Waals surface area contributed by atoms with Crippen LogP contribution in [0.25, 0.3) is 6.08 Å². The van der Waals surface area contributed by atoms with Crippen LogP contribution in [0.15, 0.2) is 47.6 Å². The average molecular weight is 420 g/mol. The molecule has 0 saturated carbocycles. The Morgan fingerprint density at radius 1 is 1.29 bits per heavy atom. The number of aromatic nitrogens is 1. The summed E-state index contributed by atoms with van der Waals surface area (Å²) in [7, 11) is 0. The van der Waals surface area contributed by atoms with Crippen molar-refractivity contribution >= 4 is 46.5 Å². The molecule has 144 valence electrons. The van der Waals surface area contributed by atoms with Gasteiger partial charge >= 0.3 is 0 Å². The van der Waals surface area contributed by atoms with Crippen LogP contribution in [0, 0.1) is 5.82 Å². The second-order valence-corrected chi connectivity index (χ2v) is 7.25. The van der Waals surface area contributed by atoms with Crippen LogP contribution in [-0.4, -0.2) is 40.0 Å². The number of halogens is 2. The number of nitrogens with one attached hydrogen (secondary N) is 1. The molecule has 9 heteroatoms. The average Bonchev–Trinajstić information content (AvgIpc) is 2.93. The number of imide groups is 1. The van der Waals surface area contributed by atoms with Gasteiger partial charge < -0.3 is 5.32 Å². The molecule has 0 spiro atoms. The lowest BCUT2D eigenvalue weighted by atomic mass is 10.1. The van der Waals surface area contributed by atoms with E-state index >= 15 is 0 Å². The molecule has 2 heterocycles. The number of amides is 3. The maximum Gasteiger partial charge on any atom is 0.293 e. The number of pyridine rings is 1. The van der Waals surface area contributed by atoms with Gasteiger partial charge in [0.25, 0.3) is 11.1 Å². The van der Waals surface area contributed by atoms with Crippen molar-refractivity contribution in [2.24, 2.45) is 0 Å². The van der Waals surface area contributed by atoms with Crippen molar-refractivity contribution in [2.45, 2.75) is 6.42 Å². The Labute approximate surface area is 169 Å². The third-order valence-corrected chi connectivity index (χ3v) is 5.17. The van der Waals surface area contributed by atoms with Gasteiger partial charge in [-0.05, 0) is 41.6 Å². The van der Waals surface area contributed by atoms with Crippen LogP contribution in [-0.2, 0) is 16.0 Å². The van der Waals surface area contributed by atoms with Gasteiger partial charge in [-0.15, -0.1) is 0 Å². The quantitative estimate of drug-likeness (QED) is 0.727. The van der Waals surface area contributed by atoms with Crippen LogP contribution >= 0.6 is 23.4 Å². The fourth-order valence-corrected chi connectivity index (χ4v) is 3.63. The lowest BCUT2D eigenvalue weighted by molar-refractivity contribution is -0.124. The standard InChI is InChI=1S/C19H15ClFN3O3S/c20-14-4-1-5-15(21)13(14)10-17(25)23-7-8-24-18(26)16(28-19(24)27)9-12-3-2-6-22-11-12/h1-6,9,11H,7-8,10H2,(H,23,25). The molecule has 3 amide bonds. The molecule has 1 saturated heterocycles. The molecular weight excluding hydrogens is 405 g/mol. The van der Waals surface area contributed by atoms with Crippen molar-refractivity contribution in [1.29, 1.82) is 0 Å². The van der Waals surface area contributed by atoms with Gasteiger partial charge in [0.2, 0.25) is 5.91 Å². The number of hydrogen-bond acceptors (Lipinski definition) is 5. The van der Waals surface area contributed by atoms with E-state index in [0.29, 0.717) is 10.5 Å². The van der Waals surface area contributed by atoms with Gasteiger partial charge in [-0.3, -0.25) is 24.3 Å². The Balaban J connectivity index is 1.55. The molecular formula is C19H15ClFN3O3S. The first-order valence-corrected chi connectivity index (χ1v) is 9.50. The van der Waals surface area contributed by atoms with Crippen LogP contribution in [0.1, 0.15) is 11.1 Å². The predicted octanol–water partition coefficient (Wildman–Crippen LogP) is 3.27. The van der Waals surface area contributed by atoms with E-state index < -0.39 is 22.9 Å². The molecule has 1 N–H and O–H groups in total. The van der Waals surface area contributed by atoms with E-state index in [4.69, 9.17) is 11.6 Å². The maximum absolute atomic E-state index is 13.7. The van der Waals surface area contributed by atoms with Crippen molar-refractivity contribution in [3.8, 4) is 0 Å². The molecule has 0 bridgehead atoms. The summed E-state index contributed by atoms with van der Waals surface area (Å²) < 4.78 is 13.7. The van der Waals surface area contributed by atoms with Gasteiger partial charge in [0.05, 0.1) is 11.3 Å². The molecule has 28 heavy (non-hydrogen) atoms. The van der Waals surface area contributed by atoms with Crippen LogP contribution < -0.4 is 5.32 Å². The molecule has 1 aliphatic rings. The zero-order chi connectivity index (χ0) is 20.1. The molecule has 6 nitrogen and oxygen atoms in total. The molecule has 3 rings (SSSR count). The summed E-state index contributed by atoms with van der Waals surface area (Å²) in [6, 6.07) is 7.69. The predicted molar refractivity (Wildman–Crippen MR) is 105 cm³/mol. The summed E-state index contributed by atoms with van der Waals surface area (Å²) in [5.41, 5.74) is 0.815. The Kier molecular flexibility index (Phi) is 6.43. The number of rotatable bonds is 6. The molecule has 0 aliphatic carbocycles. The third kappa shape index (κ3) is 4.76. The van der Waals surface area contributed by atoms with Crippen LogP contribution in [0.3, 0.4) is 0 Å². The summed E-state index contributed by atoms with van der Waals surface area (Å²) in [5, 5.41) is 2.33. The maximum atomic E-state index is 13.7. The summed E-state index contributed by atoms with van der Waals surface area (Å²) in [6.45, 7) is 0.0783. The first-order chi connectivity index (χ1) is 13.5. The normalized spacial score (nSPS) is 15.4. The van der Waals surface area contributed by atoms with Crippen molar-refractivity contribution in [2.75, 3.05) is 13.1 Å². The van der Waals surface area contributed by atoms with Gasteiger partial charge in [-0.25, -0.2) is 4.39 Å². The lowest BCUT2D eigenvalue weighted by Gasteiger charge is -2.13. The van der Waals surface area contributed by atoms with E-state index in [1.165, 1.54) is 18.2 Å². The molecule has 1 aromatic carbocycles. The fourth-order valence-electron chi connectivity index (χ4n) is 2.54. The molecule has 2 aromatic rings. The van der Waals surface area contributed by atoms with Gasteiger partial charge in [-0.1, -0.05) is 23.7 Å². The smallest absolute Gasteiger partial charge is 0.293 e. The highest BCUT2D eigenvalue weighted by Crippen LogP contribution is 2.31. The minimum absolute atomic E-state index is 0.0196. The number of thioether (sulfide) groups is 1. The van der Waals surface area contributed by atoms with Crippen molar-refractivity contribution in [1.82, 2.24) is 15.2 Å². The first kappa shape index (κ1) is 20.0. The number of carbonyl (C=O) groups excluding carboxylic acids is 3. The summed E-state index contributed by atoms with van der Waals surface area (Å²) in [4.78, 5) is 41.8. The van der Waals surface area contributed by atoms with Crippen molar-refractivity contribution in [3.63, 3.8) is 0 Å². The van der Waals surface area contributed by atoms with E-state index in [2.05, 4.69) is 10.3 Å². The summed E-state index contributed by atoms with van der Waals surface area (Å²) >= 11 is 6.73. The third-order valence-electron chi connectivity index (χ3n) is 3.91. The second kappa shape index (κ2) is 8.99. The highest BCUT2D eigenvalue weighted by Gasteiger charge is 2.34. The monoisotopic (exact) mass is 419 g/mol. The van der Waals surface area contributed by atoms with E-state index in [1.54, 1.807) is 30.6 Å². The van der Waals surface area contributed by atoms with E-state index in [1.807, 2.05) is 0 Å². The second-order valence-electron chi connectivity index (χ2n) is 5.85. The molecule has 0 unspecified atom stereocenters. The minimum atomic E-state index is -0.561. The molecule has 1 aromatic heterocycles. The summed E-state index contributed by atoms with van der Waals surface area (Å²) in [5.74, 6) is -1.44. The van der Waals surface area contributed by atoms with Crippen LogP contribution in [0.5, 0.6) is 0 Å². The zero-order valence-corrected chi connectivity index (χ0v) is 16.1. The molecule has 1 fully saturated rings. The van der Waals surface area contributed by atoms with Gasteiger partial charge in [-0.2, -0.15) is 0 Å². The molecule has 1 aliphatic heterocycles. The highest BCUT2D eigenvalue weighted by atomic mass is 35.5. The number of nitrogens with zero attached hydrogens (tertiary/aromatic N) is 2. The number of carbonyl (C=O) groups is 3. The SMILES string of the molecule is O=C(Cc1c(F)cccc1Cl)NCCN1C(=O)SC(=Cc2cccnc2)C1=O. The van der Waals surface area contributed by atoms with Gasteiger partial charge in [0.1, 0.15) is 5.82 Å². The van der Waals surface area contributed by atoms with E-state index in [-0.39, 0.29) is 30.1 Å². The first-order valence-electron chi connectivity index (χ1n) is 8.30.